The van der Waals surface area contributed by atoms with Gasteiger partial charge in [-0.3, -0.25) is 0 Å². The van der Waals surface area contributed by atoms with Gasteiger partial charge in [-0.25, -0.2) is 4.79 Å². The first-order valence-corrected chi connectivity index (χ1v) is 15.3. The molecule has 47 heavy (non-hydrogen) atoms. The van der Waals surface area contributed by atoms with E-state index in [4.69, 9.17) is 39.6 Å². The molecule has 5 rings (SSSR count). The Morgan fingerprint density at radius 2 is 1.32 bits per heavy atom. The Kier molecular flexibility index (Phi) is 11.1. The summed E-state index contributed by atoms with van der Waals surface area (Å²) in [7, 11) is 3.18. The molecule has 0 radical (unpaired) electrons. The molecule has 1 fully saturated rings. The summed E-state index contributed by atoms with van der Waals surface area (Å²) in [5.41, 5.74) is 2.00. The van der Waals surface area contributed by atoms with E-state index in [1.807, 2.05) is 84.9 Å². The Labute approximate surface area is 274 Å². The van der Waals surface area contributed by atoms with E-state index in [9.17, 15) is 9.90 Å². The Morgan fingerprint density at radius 1 is 0.809 bits per heavy atom. The number of benzene rings is 4. The fourth-order valence-electron chi connectivity index (χ4n) is 5.62. The minimum Gasteiger partial charge on any atom is -0.497 e. The van der Waals surface area contributed by atoms with E-state index in [1.165, 1.54) is 0 Å². The molecule has 1 saturated heterocycles. The van der Waals surface area contributed by atoms with Gasteiger partial charge in [-0.2, -0.15) is 0 Å². The number of methoxy groups -OCH3 is 2. The van der Waals surface area contributed by atoms with Gasteiger partial charge in [0.05, 0.1) is 27.4 Å². The summed E-state index contributed by atoms with van der Waals surface area (Å²) in [6, 6.07) is 34.2. The second-order valence-corrected chi connectivity index (χ2v) is 10.7. The number of aliphatic hydroxyl groups excluding tert-OH is 1. The maximum Gasteiger partial charge on any atom is 0.509 e. The molecule has 0 amide bonds. The molecule has 1 aliphatic heterocycles. The minimum atomic E-state index is -1.28. The van der Waals surface area contributed by atoms with Crippen molar-refractivity contribution in [1.29, 1.82) is 0 Å². The number of aliphatic hydroxyl groups is 1. The molecule has 4 aromatic carbocycles. The maximum atomic E-state index is 12.3. The van der Waals surface area contributed by atoms with Crippen LogP contribution in [0.1, 0.15) is 35.5 Å². The highest BCUT2D eigenvalue weighted by atomic mass is 16.8. The van der Waals surface area contributed by atoms with Crippen molar-refractivity contribution in [1.82, 2.24) is 0 Å². The fraction of sp³-hybridized carbons (Fsp3) is 0.289. The van der Waals surface area contributed by atoms with Crippen LogP contribution in [0.2, 0.25) is 0 Å². The Balaban J connectivity index is 1.50. The molecular weight excluding hydrogens is 600 g/mol. The SMILES string of the molecule is C#C[C@H](OC(=O)OCC)[C@@H]1O[C@H](c2ccc(OC)cc2)O[C@@H]1[C@H](O)COC(c1ccccc1)(c1ccccc1)c1ccc(OC)cc1. The second-order valence-electron chi connectivity index (χ2n) is 10.7. The standard InChI is InChI=1S/C38H38O9/c1-5-33(45-37(40)43-6-2)35-34(46-36(47-35)26-17-21-30(41-3)22-18-26)32(39)25-44-38(27-13-9-7-10-14-27,28-15-11-8-12-16-28)29-19-23-31(42-4)24-20-29/h1,7-24,32-36,39H,6,25H2,2-4H3/t32-,33+,34-,35+,36-/m1/s1. The molecule has 0 bridgehead atoms. The molecule has 9 nitrogen and oxygen atoms in total. The summed E-state index contributed by atoms with van der Waals surface area (Å²) in [6.07, 6.45) is -0.693. The van der Waals surface area contributed by atoms with E-state index in [0.29, 0.717) is 17.1 Å². The summed E-state index contributed by atoms with van der Waals surface area (Å²) in [6.45, 7) is 1.53. The third-order valence-corrected chi connectivity index (χ3v) is 7.93. The lowest BCUT2D eigenvalue weighted by Crippen LogP contribution is -2.47. The Bertz CT molecular complexity index is 1560. The smallest absolute Gasteiger partial charge is 0.497 e. The van der Waals surface area contributed by atoms with Crippen molar-refractivity contribution in [3.63, 3.8) is 0 Å². The van der Waals surface area contributed by atoms with Gasteiger partial charge >= 0.3 is 6.16 Å². The van der Waals surface area contributed by atoms with E-state index in [0.717, 1.165) is 16.7 Å². The average Bonchev–Trinajstić information content (AvgIpc) is 3.57. The van der Waals surface area contributed by atoms with E-state index < -0.39 is 42.5 Å². The van der Waals surface area contributed by atoms with Gasteiger partial charge in [0.25, 0.3) is 0 Å². The van der Waals surface area contributed by atoms with Gasteiger partial charge in [0.1, 0.15) is 35.4 Å². The molecule has 9 heteroatoms. The first kappa shape index (κ1) is 33.5. The zero-order valence-corrected chi connectivity index (χ0v) is 26.5. The molecule has 5 atom stereocenters. The van der Waals surface area contributed by atoms with Crippen molar-refractivity contribution in [2.45, 2.75) is 43.2 Å². The number of carbonyl (C=O) groups is 1. The third kappa shape index (κ3) is 7.43. The number of terminal acetylenes is 1. The number of ether oxygens (including phenoxy) is 7. The van der Waals surface area contributed by atoms with Gasteiger partial charge in [0.2, 0.25) is 0 Å². The van der Waals surface area contributed by atoms with Crippen LogP contribution in [0.15, 0.2) is 109 Å². The van der Waals surface area contributed by atoms with E-state index >= 15 is 0 Å². The van der Waals surface area contributed by atoms with Gasteiger partial charge in [-0.15, -0.1) is 6.42 Å². The summed E-state index contributed by atoms with van der Waals surface area (Å²) in [5.74, 6) is 3.80. The fourth-order valence-corrected chi connectivity index (χ4v) is 5.62. The minimum absolute atomic E-state index is 0.0962. The van der Waals surface area contributed by atoms with Crippen LogP contribution in [-0.4, -0.2) is 63.1 Å². The Morgan fingerprint density at radius 3 is 1.83 bits per heavy atom. The quantitative estimate of drug-likeness (QED) is 0.107. The van der Waals surface area contributed by atoms with Crippen LogP contribution in [0.4, 0.5) is 4.79 Å². The molecule has 244 valence electrons. The zero-order valence-electron chi connectivity index (χ0n) is 26.5. The van der Waals surface area contributed by atoms with Gasteiger partial charge in [0, 0.05) is 5.56 Å². The number of hydrogen-bond acceptors (Lipinski definition) is 9. The molecule has 1 N–H and O–H groups in total. The lowest BCUT2D eigenvalue weighted by molar-refractivity contribution is -0.110. The normalized spacial score (nSPS) is 18.8. The number of rotatable bonds is 13. The molecule has 0 unspecified atom stereocenters. The monoisotopic (exact) mass is 638 g/mol. The first-order valence-electron chi connectivity index (χ1n) is 15.3. The highest BCUT2D eigenvalue weighted by molar-refractivity contribution is 5.60. The van der Waals surface area contributed by atoms with Crippen molar-refractivity contribution < 1.29 is 43.1 Å². The highest BCUT2D eigenvalue weighted by Gasteiger charge is 2.48. The van der Waals surface area contributed by atoms with Crippen molar-refractivity contribution >= 4 is 6.16 Å². The topological polar surface area (TPSA) is 102 Å². The maximum absolute atomic E-state index is 12.3. The van der Waals surface area contributed by atoms with Crippen LogP contribution in [-0.2, 0) is 29.3 Å². The summed E-state index contributed by atoms with van der Waals surface area (Å²) in [5, 5.41) is 11.8. The van der Waals surface area contributed by atoms with Crippen LogP contribution in [0, 0.1) is 12.3 Å². The lowest BCUT2D eigenvalue weighted by atomic mass is 9.80. The van der Waals surface area contributed by atoms with Crippen molar-refractivity contribution in [3.8, 4) is 23.8 Å². The zero-order chi connectivity index (χ0) is 33.2. The largest absolute Gasteiger partial charge is 0.509 e. The lowest BCUT2D eigenvalue weighted by Gasteiger charge is -2.37. The molecule has 1 heterocycles. The molecule has 0 aromatic heterocycles. The van der Waals surface area contributed by atoms with E-state index in [1.54, 1.807) is 45.4 Å². The van der Waals surface area contributed by atoms with Crippen LogP contribution in [0.5, 0.6) is 11.5 Å². The van der Waals surface area contributed by atoms with Crippen molar-refractivity contribution in [3.05, 3.63) is 131 Å². The number of carbonyl (C=O) groups excluding carboxylic acids is 1. The van der Waals surface area contributed by atoms with Crippen LogP contribution < -0.4 is 9.47 Å². The number of hydrogen-bond donors (Lipinski definition) is 1. The molecule has 0 spiro atoms. The van der Waals surface area contributed by atoms with Crippen LogP contribution in [0.25, 0.3) is 0 Å². The Hall–Kier alpha value is -4.85. The van der Waals surface area contributed by atoms with E-state index in [-0.39, 0.29) is 13.2 Å². The van der Waals surface area contributed by atoms with Gasteiger partial charge in [0.15, 0.2) is 12.4 Å². The van der Waals surface area contributed by atoms with Gasteiger partial charge in [-0.05, 0) is 47.9 Å². The van der Waals surface area contributed by atoms with Crippen molar-refractivity contribution in [2.75, 3.05) is 27.4 Å². The van der Waals surface area contributed by atoms with Gasteiger partial charge < -0.3 is 38.3 Å². The molecular formula is C38H38O9. The van der Waals surface area contributed by atoms with Crippen LogP contribution >= 0.6 is 0 Å². The van der Waals surface area contributed by atoms with E-state index in [2.05, 4.69) is 5.92 Å². The predicted molar refractivity (Wildman–Crippen MR) is 174 cm³/mol. The summed E-state index contributed by atoms with van der Waals surface area (Å²) < 4.78 is 40.5. The second kappa shape index (κ2) is 15.6. The average molecular weight is 639 g/mol. The molecule has 0 saturated carbocycles. The highest BCUT2D eigenvalue weighted by Crippen LogP contribution is 2.42. The van der Waals surface area contributed by atoms with Gasteiger partial charge in [-0.1, -0.05) is 90.8 Å². The molecule has 1 aliphatic rings. The summed E-state index contributed by atoms with van der Waals surface area (Å²) in [4.78, 5) is 12.3. The third-order valence-electron chi connectivity index (χ3n) is 7.93. The first-order chi connectivity index (χ1) is 22.9. The molecule has 0 aliphatic carbocycles. The van der Waals surface area contributed by atoms with Crippen molar-refractivity contribution in [2.24, 2.45) is 0 Å². The van der Waals surface area contributed by atoms with Crippen LogP contribution in [0.3, 0.4) is 0 Å². The predicted octanol–water partition coefficient (Wildman–Crippen LogP) is 6.03. The summed E-state index contributed by atoms with van der Waals surface area (Å²) >= 11 is 0. The molecule has 4 aromatic rings.